The maximum Gasteiger partial charge on any atom is 0.322 e. The summed E-state index contributed by atoms with van der Waals surface area (Å²) in [6.45, 7) is 1.42. The summed E-state index contributed by atoms with van der Waals surface area (Å²) in [5, 5.41) is 14.4. The number of piperidine rings is 1. The number of nitrogens with zero attached hydrogens (tertiary/aromatic N) is 3. The van der Waals surface area contributed by atoms with E-state index < -0.39 is 0 Å². The largest absolute Gasteiger partial charge is 0.425 e. The maximum atomic E-state index is 12.4. The molecule has 7 heteroatoms. The highest BCUT2D eigenvalue weighted by atomic mass is 32.1. The van der Waals surface area contributed by atoms with Crippen molar-refractivity contribution in [1.82, 2.24) is 15.1 Å². The zero-order valence-electron chi connectivity index (χ0n) is 14.3. The van der Waals surface area contributed by atoms with E-state index in [-0.39, 0.29) is 11.9 Å². The van der Waals surface area contributed by atoms with Gasteiger partial charge >= 0.3 is 6.03 Å². The minimum atomic E-state index is -0.0424. The van der Waals surface area contributed by atoms with Crippen molar-refractivity contribution in [3.63, 3.8) is 0 Å². The highest BCUT2D eigenvalue weighted by Crippen LogP contribution is 2.34. The van der Waals surface area contributed by atoms with Gasteiger partial charge in [0.1, 0.15) is 0 Å². The van der Waals surface area contributed by atoms with Crippen molar-refractivity contribution in [3.05, 3.63) is 29.3 Å². The third-order valence-electron chi connectivity index (χ3n) is 5.22. The second-order valence-corrected chi connectivity index (χ2v) is 7.95. The summed E-state index contributed by atoms with van der Waals surface area (Å²) < 4.78 is 6.02. The topological polar surface area (TPSA) is 71.3 Å². The number of carbonyl (C=O) groups excluding carboxylic acids is 1. The molecule has 134 valence electrons. The van der Waals surface area contributed by atoms with Crippen LogP contribution in [0, 0.1) is 0 Å². The monoisotopic (exact) mass is 360 g/mol. The molecule has 4 rings (SSSR count). The van der Waals surface area contributed by atoms with Crippen molar-refractivity contribution >= 4 is 22.4 Å². The lowest BCUT2D eigenvalue weighted by Gasteiger charge is -2.31. The minimum Gasteiger partial charge on any atom is -0.425 e. The second kappa shape index (κ2) is 7.56. The fraction of sp³-hybridized carbons (Fsp3) is 0.611. The standard InChI is InChI=1S/C18H24N4O2S/c23-18(19-15-9-5-11-25-15)22-10-4-8-14(12-22)17-21-20-16(24-17)13-6-2-1-3-7-13/h5,9,11,13-14H,1-4,6-8,10,12H2,(H,19,23). The summed E-state index contributed by atoms with van der Waals surface area (Å²) in [6, 6.07) is 3.81. The molecule has 1 N–H and O–H groups in total. The molecule has 1 aliphatic heterocycles. The first-order valence-corrected chi connectivity index (χ1v) is 10.1. The van der Waals surface area contributed by atoms with Crippen LogP contribution in [0.3, 0.4) is 0 Å². The van der Waals surface area contributed by atoms with E-state index in [1.165, 1.54) is 30.6 Å². The molecule has 2 aromatic heterocycles. The Kier molecular flexibility index (Phi) is 5.01. The third-order valence-corrected chi connectivity index (χ3v) is 6.01. The van der Waals surface area contributed by atoms with Crippen LogP contribution in [0.25, 0.3) is 0 Å². The van der Waals surface area contributed by atoms with Gasteiger partial charge in [-0.05, 0) is 43.2 Å². The van der Waals surface area contributed by atoms with Gasteiger partial charge in [-0.2, -0.15) is 0 Å². The summed E-state index contributed by atoms with van der Waals surface area (Å²) in [4.78, 5) is 14.3. The van der Waals surface area contributed by atoms with Crippen LogP contribution >= 0.6 is 11.3 Å². The normalized spacial score (nSPS) is 22.1. The first-order chi connectivity index (χ1) is 12.3. The van der Waals surface area contributed by atoms with E-state index in [0.717, 1.165) is 43.1 Å². The molecule has 1 unspecified atom stereocenters. The number of rotatable bonds is 3. The molecule has 2 fully saturated rings. The Morgan fingerprint density at radius 1 is 1.12 bits per heavy atom. The SMILES string of the molecule is O=C(Nc1cccs1)N1CCCC(c2nnc(C3CCCCC3)o2)C1. The lowest BCUT2D eigenvalue weighted by atomic mass is 9.89. The number of hydrogen-bond acceptors (Lipinski definition) is 5. The predicted octanol–water partition coefficient (Wildman–Crippen LogP) is 4.59. The number of anilines is 1. The van der Waals surface area contributed by atoms with Gasteiger partial charge in [-0.15, -0.1) is 21.5 Å². The predicted molar refractivity (Wildman–Crippen MR) is 97.0 cm³/mol. The molecule has 1 saturated heterocycles. The Hall–Kier alpha value is -1.89. The summed E-state index contributed by atoms with van der Waals surface area (Å²) in [5.41, 5.74) is 0. The van der Waals surface area contributed by atoms with Crippen LogP contribution in [-0.2, 0) is 0 Å². The van der Waals surface area contributed by atoms with Gasteiger partial charge < -0.3 is 9.32 Å². The fourth-order valence-corrected chi connectivity index (χ4v) is 4.43. The number of aromatic nitrogens is 2. The molecule has 1 saturated carbocycles. The van der Waals surface area contributed by atoms with E-state index in [0.29, 0.717) is 18.4 Å². The molecule has 0 radical (unpaired) electrons. The van der Waals surface area contributed by atoms with Gasteiger partial charge in [0.25, 0.3) is 0 Å². The van der Waals surface area contributed by atoms with Gasteiger partial charge in [0.2, 0.25) is 11.8 Å². The maximum absolute atomic E-state index is 12.4. The van der Waals surface area contributed by atoms with Crippen LogP contribution in [0.5, 0.6) is 0 Å². The molecule has 0 spiro atoms. The van der Waals surface area contributed by atoms with Gasteiger partial charge in [-0.3, -0.25) is 5.32 Å². The van der Waals surface area contributed by atoms with Crippen molar-refractivity contribution in [2.75, 3.05) is 18.4 Å². The third kappa shape index (κ3) is 3.86. The van der Waals surface area contributed by atoms with Crippen molar-refractivity contribution in [1.29, 1.82) is 0 Å². The van der Waals surface area contributed by atoms with E-state index in [9.17, 15) is 4.79 Å². The van der Waals surface area contributed by atoms with Crippen LogP contribution in [0.4, 0.5) is 9.80 Å². The van der Waals surface area contributed by atoms with Gasteiger partial charge in [-0.1, -0.05) is 19.3 Å². The van der Waals surface area contributed by atoms with Gasteiger partial charge in [0, 0.05) is 19.0 Å². The van der Waals surface area contributed by atoms with Crippen LogP contribution in [-0.4, -0.2) is 34.2 Å². The van der Waals surface area contributed by atoms with E-state index in [1.807, 2.05) is 22.4 Å². The summed E-state index contributed by atoms with van der Waals surface area (Å²) >= 11 is 1.53. The lowest BCUT2D eigenvalue weighted by molar-refractivity contribution is 0.186. The molecule has 3 heterocycles. The van der Waals surface area contributed by atoms with Crippen LogP contribution in [0.15, 0.2) is 21.9 Å². The molecule has 0 aromatic carbocycles. The first kappa shape index (κ1) is 16.6. The van der Waals surface area contributed by atoms with E-state index >= 15 is 0 Å². The molecule has 2 amide bonds. The summed E-state index contributed by atoms with van der Waals surface area (Å²) in [5.74, 6) is 2.08. The number of nitrogens with one attached hydrogen (secondary N) is 1. The van der Waals surface area contributed by atoms with Crippen molar-refractivity contribution in [2.24, 2.45) is 0 Å². The molecule has 0 bridgehead atoms. The Labute approximate surface area is 151 Å². The molecule has 2 aliphatic rings. The van der Waals surface area contributed by atoms with E-state index in [4.69, 9.17) is 4.42 Å². The van der Waals surface area contributed by atoms with Crippen LogP contribution in [0.1, 0.15) is 68.6 Å². The van der Waals surface area contributed by atoms with E-state index in [2.05, 4.69) is 15.5 Å². The number of amides is 2. The van der Waals surface area contributed by atoms with Gasteiger partial charge in [0.15, 0.2) is 0 Å². The molecule has 6 nitrogen and oxygen atoms in total. The molecular weight excluding hydrogens is 336 g/mol. The molecular formula is C18H24N4O2S. The Morgan fingerprint density at radius 2 is 1.88 bits per heavy atom. The Bertz CT molecular complexity index is 694. The average Bonchev–Trinajstić information content (AvgIpc) is 3.34. The van der Waals surface area contributed by atoms with Crippen LogP contribution in [0.2, 0.25) is 0 Å². The number of urea groups is 1. The lowest BCUT2D eigenvalue weighted by Crippen LogP contribution is -2.41. The summed E-state index contributed by atoms with van der Waals surface area (Å²) in [7, 11) is 0. The second-order valence-electron chi connectivity index (χ2n) is 7.01. The molecule has 2 aromatic rings. The number of thiophene rings is 1. The molecule has 1 aliphatic carbocycles. The van der Waals surface area contributed by atoms with Crippen molar-refractivity contribution in [2.45, 2.75) is 56.8 Å². The average molecular weight is 360 g/mol. The van der Waals surface area contributed by atoms with Gasteiger partial charge in [0.05, 0.1) is 10.9 Å². The summed E-state index contributed by atoms with van der Waals surface area (Å²) in [6.07, 6.45) is 8.08. The van der Waals surface area contributed by atoms with E-state index in [1.54, 1.807) is 0 Å². The number of carbonyl (C=O) groups is 1. The number of likely N-dealkylation sites (tertiary alicyclic amines) is 1. The highest BCUT2D eigenvalue weighted by molar-refractivity contribution is 7.14. The fourth-order valence-electron chi connectivity index (χ4n) is 3.82. The van der Waals surface area contributed by atoms with Crippen molar-refractivity contribution in [3.8, 4) is 0 Å². The highest BCUT2D eigenvalue weighted by Gasteiger charge is 2.30. The van der Waals surface area contributed by atoms with Crippen molar-refractivity contribution < 1.29 is 9.21 Å². The van der Waals surface area contributed by atoms with Crippen LogP contribution < -0.4 is 5.32 Å². The zero-order valence-corrected chi connectivity index (χ0v) is 15.1. The first-order valence-electron chi connectivity index (χ1n) is 9.22. The smallest absolute Gasteiger partial charge is 0.322 e. The number of hydrogen-bond donors (Lipinski definition) is 1. The molecule has 25 heavy (non-hydrogen) atoms. The molecule has 1 atom stereocenters. The minimum absolute atomic E-state index is 0.0424. The van der Waals surface area contributed by atoms with Gasteiger partial charge in [-0.25, -0.2) is 4.79 Å². The Balaban J connectivity index is 1.39. The zero-order chi connectivity index (χ0) is 17.1. The Morgan fingerprint density at radius 3 is 2.64 bits per heavy atom. The quantitative estimate of drug-likeness (QED) is 0.869.